The molecule has 0 saturated heterocycles. The van der Waals surface area contributed by atoms with Crippen molar-refractivity contribution in [1.82, 2.24) is 9.55 Å². The van der Waals surface area contributed by atoms with Gasteiger partial charge >= 0.3 is 5.97 Å². The van der Waals surface area contributed by atoms with E-state index in [0.717, 1.165) is 21.3 Å². The summed E-state index contributed by atoms with van der Waals surface area (Å²) < 4.78 is 21.1. The van der Waals surface area contributed by atoms with Gasteiger partial charge in [-0.3, -0.25) is 4.98 Å². The van der Waals surface area contributed by atoms with Crippen LogP contribution in [0.15, 0.2) is 66.1 Å². The highest BCUT2D eigenvalue weighted by molar-refractivity contribution is 9.10. The van der Waals surface area contributed by atoms with Gasteiger partial charge in [0.05, 0.1) is 11.7 Å². The van der Waals surface area contributed by atoms with E-state index in [1.807, 2.05) is 16.7 Å². The Balaban J connectivity index is 2.37. The number of pyridine rings is 1. The van der Waals surface area contributed by atoms with Crippen molar-refractivity contribution in [2.45, 2.75) is 13.0 Å². The van der Waals surface area contributed by atoms with Crippen LogP contribution in [-0.4, -0.2) is 22.6 Å². The molecule has 0 aliphatic heterocycles. The van der Waals surface area contributed by atoms with Gasteiger partial charge in [-0.05, 0) is 57.7 Å². The zero-order chi connectivity index (χ0) is 19.4. The van der Waals surface area contributed by atoms with E-state index < -0.39 is 5.97 Å². The van der Waals surface area contributed by atoms with E-state index in [2.05, 4.69) is 27.5 Å². The number of hydrogen-bond donors (Lipinski definition) is 0. The first kappa shape index (κ1) is 19.0. The normalized spacial score (nSPS) is 10.6. The minimum Gasteiger partial charge on any atom is -0.464 e. The van der Waals surface area contributed by atoms with Gasteiger partial charge in [0.1, 0.15) is 11.5 Å². The van der Waals surface area contributed by atoms with Crippen LogP contribution in [0.1, 0.15) is 16.9 Å². The molecule has 0 radical (unpaired) electrons. The molecule has 4 nitrogen and oxygen atoms in total. The molecule has 0 saturated carbocycles. The second kappa shape index (κ2) is 8.31. The Kier molecular flexibility index (Phi) is 5.86. The third-order valence-corrected chi connectivity index (χ3v) is 5.06. The smallest absolute Gasteiger partial charge is 0.355 e. The van der Waals surface area contributed by atoms with E-state index >= 15 is 0 Å². The zero-order valence-electron chi connectivity index (χ0n) is 14.8. The lowest BCUT2D eigenvalue weighted by molar-refractivity contribution is 0.0589. The number of rotatable bonds is 6. The van der Waals surface area contributed by atoms with Crippen LogP contribution in [-0.2, 0) is 11.3 Å². The summed E-state index contributed by atoms with van der Waals surface area (Å²) in [5.74, 6) is -0.798. The van der Waals surface area contributed by atoms with Crippen molar-refractivity contribution in [2.75, 3.05) is 7.11 Å². The van der Waals surface area contributed by atoms with E-state index in [9.17, 15) is 9.18 Å². The minimum absolute atomic E-state index is 0.339. The third-order valence-electron chi connectivity index (χ3n) is 4.24. The number of hydrogen-bond acceptors (Lipinski definition) is 3. The van der Waals surface area contributed by atoms with Gasteiger partial charge in [-0.25, -0.2) is 9.18 Å². The largest absolute Gasteiger partial charge is 0.464 e. The average Bonchev–Trinajstić information content (AvgIpc) is 2.99. The summed E-state index contributed by atoms with van der Waals surface area (Å²) in [7, 11) is 1.35. The van der Waals surface area contributed by atoms with Crippen LogP contribution < -0.4 is 0 Å². The molecule has 2 aromatic heterocycles. The highest BCUT2D eigenvalue weighted by Gasteiger charge is 2.28. The molecule has 0 unspecified atom stereocenters. The fourth-order valence-electron chi connectivity index (χ4n) is 3.01. The summed E-state index contributed by atoms with van der Waals surface area (Å²) in [6, 6.07) is 9.81. The molecule has 0 amide bonds. The molecule has 27 heavy (non-hydrogen) atoms. The Bertz CT molecular complexity index is 966. The Morgan fingerprint density at radius 1 is 1.19 bits per heavy atom. The molecule has 0 aliphatic carbocycles. The Morgan fingerprint density at radius 2 is 1.81 bits per heavy atom. The SMILES string of the molecule is C=CCCn1c(Br)c(-c2ccncc2)c(-c2ccc(F)cc2)c1C(=O)OC. The van der Waals surface area contributed by atoms with E-state index in [1.54, 1.807) is 30.6 Å². The van der Waals surface area contributed by atoms with Crippen LogP contribution in [0.4, 0.5) is 4.39 Å². The van der Waals surface area contributed by atoms with Gasteiger partial charge in [0.2, 0.25) is 0 Å². The molecule has 3 aromatic rings. The van der Waals surface area contributed by atoms with Crippen LogP contribution in [0.3, 0.4) is 0 Å². The number of nitrogens with zero attached hydrogens (tertiary/aromatic N) is 2. The summed E-state index contributed by atoms with van der Waals surface area (Å²) >= 11 is 3.66. The number of esters is 1. The molecule has 6 heteroatoms. The van der Waals surface area contributed by atoms with E-state index in [-0.39, 0.29) is 5.82 Å². The van der Waals surface area contributed by atoms with Crippen LogP contribution in [0.2, 0.25) is 0 Å². The first-order valence-corrected chi connectivity index (χ1v) is 9.15. The number of carbonyl (C=O) groups is 1. The number of allylic oxidation sites excluding steroid dienone is 1. The Morgan fingerprint density at radius 3 is 2.41 bits per heavy atom. The van der Waals surface area contributed by atoms with Crippen molar-refractivity contribution in [2.24, 2.45) is 0 Å². The van der Waals surface area contributed by atoms with Crippen LogP contribution in [0.25, 0.3) is 22.3 Å². The molecule has 0 spiro atoms. The third kappa shape index (κ3) is 3.71. The van der Waals surface area contributed by atoms with Crippen LogP contribution in [0, 0.1) is 5.82 Å². The lowest BCUT2D eigenvalue weighted by atomic mass is 9.97. The van der Waals surface area contributed by atoms with Gasteiger partial charge in [-0.1, -0.05) is 18.2 Å². The molecule has 0 aliphatic rings. The maximum Gasteiger partial charge on any atom is 0.355 e. The van der Waals surface area contributed by atoms with E-state index in [4.69, 9.17) is 4.74 Å². The second-order valence-corrected chi connectivity index (χ2v) is 6.60. The standard InChI is InChI=1S/C21H18BrFN2O2/c1-3-4-13-25-19(21(26)27-2)17(14-5-7-16(23)8-6-14)18(20(25)22)15-9-11-24-12-10-15/h3,5-12H,1,4,13H2,2H3. The number of carbonyl (C=O) groups excluding carboxylic acids is 1. The summed E-state index contributed by atoms with van der Waals surface area (Å²) in [5, 5.41) is 0. The average molecular weight is 429 g/mol. The molecule has 138 valence electrons. The Labute approximate surface area is 165 Å². The quantitative estimate of drug-likeness (QED) is 0.385. The predicted molar refractivity (Wildman–Crippen MR) is 107 cm³/mol. The van der Waals surface area contributed by atoms with Gasteiger partial charge in [0.15, 0.2) is 0 Å². The molecular formula is C21H18BrFN2O2. The highest BCUT2D eigenvalue weighted by atomic mass is 79.9. The van der Waals surface area contributed by atoms with Gasteiger partial charge in [-0.2, -0.15) is 0 Å². The van der Waals surface area contributed by atoms with Gasteiger partial charge in [0.25, 0.3) is 0 Å². The summed E-state index contributed by atoms with van der Waals surface area (Å²) in [5.41, 5.74) is 3.53. The first-order valence-electron chi connectivity index (χ1n) is 8.36. The molecule has 2 heterocycles. The van der Waals surface area contributed by atoms with Gasteiger partial charge < -0.3 is 9.30 Å². The molecule has 0 fully saturated rings. The van der Waals surface area contributed by atoms with Crippen molar-refractivity contribution in [3.8, 4) is 22.3 Å². The fraction of sp³-hybridized carbons (Fsp3) is 0.143. The zero-order valence-corrected chi connectivity index (χ0v) is 16.4. The molecular weight excluding hydrogens is 411 g/mol. The van der Waals surface area contributed by atoms with Gasteiger partial charge in [0, 0.05) is 30.1 Å². The fourth-order valence-corrected chi connectivity index (χ4v) is 3.79. The first-order chi connectivity index (χ1) is 13.1. The molecule has 1 aromatic carbocycles. The Hall–Kier alpha value is -2.73. The molecule has 0 bridgehead atoms. The van der Waals surface area contributed by atoms with Crippen molar-refractivity contribution >= 4 is 21.9 Å². The highest BCUT2D eigenvalue weighted by Crippen LogP contribution is 2.43. The molecule has 3 rings (SSSR count). The maximum atomic E-state index is 13.5. The van der Waals surface area contributed by atoms with Crippen molar-refractivity contribution in [3.63, 3.8) is 0 Å². The summed E-state index contributed by atoms with van der Waals surface area (Å²) in [6.45, 7) is 4.31. The predicted octanol–water partition coefficient (Wildman–Crippen LogP) is 5.48. The maximum absolute atomic E-state index is 13.5. The van der Waals surface area contributed by atoms with Crippen molar-refractivity contribution in [3.05, 3.63) is 77.6 Å². The minimum atomic E-state index is -0.459. The van der Waals surface area contributed by atoms with Gasteiger partial charge in [-0.15, -0.1) is 6.58 Å². The second-order valence-electron chi connectivity index (χ2n) is 5.85. The lowest BCUT2D eigenvalue weighted by Crippen LogP contribution is -2.12. The molecule has 0 N–H and O–H groups in total. The van der Waals surface area contributed by atoms with Crippen molar-refractivity contribution in [1.29, 1.82) is 0 Å². The van der Waals surface area contributed by atoms with Crippen LogP contribution in [0.5, 0.6) is 0 Å². The number of halogens is 2. The summed E-state index contributed by atoms with van der Waals surface area (Å²) in [6.07, 6.45) is 5.84. The summed E-state index contributed by atoms with van der Waals surface area (Å²) in [4.78, 5) is 16.7. The molecule has 0 atom stereocenters. The van der Waals surface area contributed by atoms with Crippen molar-refractivity contribution < 1.29 is 13.9 Å². The number of benzene rings is 1. The van der Waals surface area contributed by atoms with E-state index in [0.29, 0.717) is 24.2 Å². The number of aromatic nitrogens is 2. The van der Waals surface area contributed by atoms with E-state index in [1.165, 1.54) is 19.2 Å². The lowest BCUT2D eigenvalue weighted by Gasteiger charge is -2.10. The number of ether oxygens (including phenoxy) is 1. The van der Waals surface area contributed by atoms with Crippen LogP contribution >= 0.6 is 15.9 Å². The monoisotopic (exact) mass is 428 g/mol. The topological polar surface area (TPSA) is 44.1 Å². The number of methoxy groups -OCH3 is 1.